The van der Waals surface area contributed by atoms with Gasteiger partial charge in [-0.05, 0) is 0 Å². The molecule has 2 aliphatic rings. The van der Waals surface area contributed by atoms with Gasteiger partial charge in [-0.2, -0.15) is 0 Å². The van der Waals surface area contributed by atoms with Gasteiger partial charge >= 0.3 is 0 Å². The van der Waals surface area contributed by atoms with Gasteiger partial charge in [0.25, 0.3) is 0 Å². The zero-order chi connectivity index (χ0) is 11.1. The third-order valence-electron chi connectivity index (χ3n) is 3.07. The van der Waals surface area contributed by atoms with Crippen LogP contribution in [-0.4, -0.2) is 61.6 Å². The van der Waals surface area contributed by atoms with Crippen LogP contribution in [0.3, 0.4) is 0 Å². The van der Waals surface area contributed by atoms with E-state index in [1.54, 1.807) is 0 Å². The zero-order valence-electron chi connectivity index (χ0n) is 10.4. The molecule has 0 aromatic rings. The summed E-state index contributed by atoms with van der Waals surface area (Å²) in [7, 11) is 2.16. The van der Waals surface area contributed by atoms with Gasteiger partial charge in [0.2, 0.25) is 0 Å². The van der Waals surface area contributed by atoms with Crippen molar-refractivity contribution in [1.82, 2.24) is 4.90 Å². The predicted molar refractivity (Wildman–Crippen MR) is 63.9 cm³/mol. The number of rotatable bonds is 1. The van der Waals surface area contributed by atoms with E-state index >= 15 is 0 Å². The number of hydrogen-bond donors (Lipinski definition) is 0. The van der Waals surface area contributed by atoms with Gasteiger partial charge in [-0.3, -0.25) is 4.90 Å². The Morgan fingerprint density at radius 1 is 1.27 bits per heavy atom. The largest absolute Gasteiger partial charge is 0.379 e. The molecule has 0 aliphatic carbocycles. The molecule has 0 bridgehead atoms. The summed E-state index contributed by atoms with van der Waals surface area (Å²) in [4.78, 5) is 2.58. The molecule has 0 radical (unpaired) electrons. The first-order chi connectivity index (χ1) is 7.36. The minimum absolute atomic E-state index is 0.778. The van der Waals surface area contributed by atoms with E-state index in [4.69, 9.17) is 4.74 Å². The van der Waals surface area contributed by atoms with Crippen LogP contribution in [0.5, 0.6) is 0 Å². The molecule has 0 saturated carbocycles. The van der Waals surface area contributed by atoms with Crippen LogP contribution in [-0.2, 0) is 4.74 Å². The van der Waals surface area contributed by atoms with E-state index in [-0.39, 0.29) is 0 Å². The van der Waals surface area contributed by atoms with E-state index in [9.17, 15) is 0 Å². The third-order valence-corrected chi connectivity index (χ3v) is 3.07. The second-order valence-electron chi connectivity index (χ2n) is 3.99. The topological polar surface area (TPSA) is 15.5 Å². The van der Waals surface area contributed by atoms with Crippen molar-refractivity contribution in [3.05, 3.63) is 0 Å². The van der Waals surface area contributed by atoms with Gasteiger partial charge in [0.15, 0.2) is 0 Å². The maximum atomic E-state index is 5.35. The predicted octanol–water partition coefficient (Wildman–Crippen LogP) is 1.22. The quantitative estimate of drug-likeness (QED) is 0.609. The first kappa shape index (κ1) is 12.7. The molecule has 2 rings (SSSR count). The first-order valence-corrected chi connectivity index (χ1v) is 6.21. The molecule has 0 spiro atoms. The van der Waals surface area contributed by atoms with Crippen molar-refractivity contribution >= 4 is 6.21 Å². The van der Waals surface area contributed by atoms with Crippen molar-refractivity contribution in [2.45, 2.75) is 32.7 Å². The van der Waals surface area contributed by atoms with E-state index in [1.807, 2.05) is 13.8 Å². The number of hydrogen-bond acceptors (Lipinski definition) is 2. The Labute approximate surface area is 93.7 Å². The average Bonchev–Trinajstić information content (AvgIpc) is 2.34. The van der Waals surface area contributed by atoms with Crippen molar-refractivity contribution in [2.75, 3.05) is 39.9 Å². The van der Waals surface area contributed by atoms with E-state index in [0.29, 0.717) is 0 Å². The highest BCUT2D eigenvalue weighted by Gasteiger charge is 2.24. The molecular weight excluding hydrogens is 188 g/mol. The molecule has 2 heterocycles. The van der Waals surface area contributed by atoms with Gasteiger partial charge in [0.05, 0.1) is 13.2 Å². The molecule has 3 nitrogen and oxygen atoms in total. The number of ether oxygens (including phenoxy) is 1. The van der Waals surface area contributed by atoms with Gasteiger partial charge in [0, 0.05) is 32.0 Å². The van der Waals surface area contributed by atoms with Gasteiger partial charge in [-0.1, -0.05) is 13.8 Å². The Morgan fingerprint density at radius 2 is 1.93 bits per heavy atom. The fourth-order valence-corrected chi connectivity index (χ4v) is 2.14. The highest BCUT2D eigenvalue weighted by Crippen LogP contribution is 2.12. The fraction of sp³-hybridized carbons (Fsp3) is 0.917. The Hall–Kier alpha value is -0.410. The fourth-order valence-electron chi connectivity index (χ4n) is 2.14. The second kappa shape index (κ2) is 6.96. The van der Waals surface area contributed by atoms with Crippen LogP contribution in [0.1, 0.15) is 26.7 Å². The van der Waals surface area contributed by atoms with Gasteiger partial charge in [0.1, 0.15) is 19.8 Å². The van der Waals surface area contributed by atoms with Crippen molar-refractivity contribution in [2.24, 2.45) is 0 Å². The van der Waals surface area contributed by atoms with Crippen molar-refractivity contribution in [3.63, 3.8) is 0 Å². The molecule has 1 atom stereocenters. The molecule has 0 N–H and O–H groups in total. The normalized spacial score (nSPS) is 27.7. The molecular formula is C12H25N2O+. The molecule has 0 amide bonds. The lowest BCUT2D eigenvalue weighted by Crippen LogP contribution is -2.46. The SMILES string of the molecule is CC.C[N+]1=CCC(N2CCOCC2)CC1. The maximum absolute atomic E-state index is 5.35. The molecule has 1 fully saturated rings. The monoisotopic (exact) mass is 213 g/mol. The van der Waals surface area contributed by atoms with E-state index < -0.39 is 0 Å². The van der Waals surface area contributed by atoms with Crippen LogP contribution in [0.15, 0.2) is 0 Å². The van der Waals surface area contributed by atoms with E-state index in [0.717, 1.165) is 32.3 Å². The Morgan fingerprint density at radius 3 is 2.47 bits per heavy atom. The van der Waals surface area contributed by atoms with E-state index in [2.05, 4.69) is 22.7 Å². The van der Waals surface area contributed by atoms with Crippen LogP contribution in [0, 0.1) is 0 Å². The van der Waals surface area contributed by atoms with Crippen LogP contribution in [0.25, 0.3) is 0 Å². The number of morpholine rings is 1. The minimum atomic E-state index is 0.778. The first-order valence-electron chi connectivity index (χ1n) is 6.21. The molecule has 0 aromatic heterocycles. The summed E-state index contributed by atoms with van der Waals surface area (Å²) in [6.45, 7) is 9.31. The Balaban J connectivity index is 0.000000531. The molecule has 1 unspecified atom stereocenters. The molecule has 1 saturated heterocycles. The molecule has 88 valence electrons. The molecule has 0 aromatic carbocycles. The lowest BCUT2D eigenvalue weighted by Gasteiger charge is -2.34. The molecule has 2 aliphatic heterocycles. The van der Waals surface area contributed by atoms with Crippen LogP contribution in [0.2, 0.25) is 0 Å². The van der Waals surface area contributed by atoms with Crippen LogP contribution < -0.4 is 0 Å². The van der Waals surface area contributed by atoms with Gasteiger partial charge in [-0.15, -0.1) is 0 Å². The zero-order valence-corrected chi connectivity index (χ0v) is 10.4. The summed E-state index contributed by atoms with van der Waals surface area (Å²) in [5.74, 6) is 0. The highest BCUT2D eigenvalue weighted by molar-refractivity contribution is 5.52. The summed E-state index contributed by atoms with van der Waals surface area (Å²) in [5, 5.41) is 0. The Bertz CT molecular complexity index is 198. The van der Waals surface area contributed by atoms with Crippen LogP contribution in [0.4, 0.5) is 0 Å². The van der Waals surface area contributed by atoms with Crippen molar-refractivity contribution in [1.29, 1.82) is 0 Å². The smallest absolute Gasteiger partial charge is 0.143 e. The lowest BCUT2D eigenvalue weighted by molar-refractivity contribution is -0.499. The summed E-state index contributed by atoms with van der Waals surface area (Å²) >= 11 is 0. The average molecular weight is 213 g/mol. The summed E-state index contributed by atoms with van der Waals surface area (Å²) in [6.07, 6.45) is 4.85. The summed E-state index contributed by atoms with van der Waals surface area (Å²) in [5.41, 5.74) is 0. The van der Waals surface area contributed by atoms with Crippen molar-refractivity contribution in [3.8, 4) is 0 Å². The lowest BCUT2D eigenvalue weighted by atomic mass is 10.1. The van der Waals surface area contributed by atoms with Gasteiger partial charge in [-0.25, -0.2) is 4.58 Å². The Kier molecular flexibility index (Phi) is 5.88. The standard InChI is InChI=1S/C10H19N2O.C2H6/c1-11-4-2-10(3-5-11)12-6-8-13-9-7-12;1-2/h4,10H,2-3,5-9H2,1H3;1-2H3/q+1;. The maximum Gasteiger partial charge on any atom is 0.143 e. The highest BCUT2D eigenvalue weighted by atomic mass is 16.5. The minimum Gasteiger partial charge on any atom is -0.379 e. The summed E-state index contributed by atoms with van der Waals surface area (Å²) in [6, 6.07) is 0.778. The van der Waals surface area contributed by atoms with Gasteiger partial charge < -0.3 is 4.74 Å². The second-order valence-corrected chi connectivity index (χ2v) is 3.99. The molecule has 3 heteroatoms. The molecule has 15 heavy (non-hydrogen) atoms. The summed E-state index contributed by atoms with van der Waals surface area (Å²) < 4.78 is 7.65. The third kappa shape index (κ3) is 3.92. The van der Waals surface area contributed by atoms with E-state index in [1.165, 1.54) is 19.4 Å². The number of nitrogens with zero attached hydrogens (tertiary/aromatic N) is 2. The van der Waals surface area contributed by atoms with Crippen LogP contribution >= 0.6 is 0 Å². The van der Waals surface area contributed by atoms with Crippen molar-refractivity contribution < 1.29 is 9.31 Å².